The minimum atomic E-state index is -0.436. The summed E-state index contributed by atoms with van der Waals surface area (Å²) in [5.74, 6) is 0.719. The molecule has 1 amide bonds. The fourth-order valence-corrected chi connectivity index (χ4v) is 4.99. The lowest BCUT2D eigenvalue weighted by molar-refractivity contribution is -0.113. The van der Waals surface area contributed by atoms with Crippen LogP contribution in [0.25, 0.3) is 11.4 Å². The minimum absolute atomic E-state index is 0.0967. The van der Waals surface area contributed by atoms with E-state index in [1.807, 2.05) is 42.7 Å². The number of amides is 1. The van der Waals surface area contributed by atoms with Crippen LogP contribution in [-0.2, 0) is 16.1 Å². The van der Waals surface area contributed by atoms with Crippen LogP contribution < -0.4 is 10.1 Å². The summed E-state index contributed by atoms with van der Waals surface area (Å²) in [6, 6.07) is 7.54. The molecule has 2 aromatic heterocycles. The van der Waals surface area contributed by atoms with E-state index < -0.39 is 5.97 Å². The van der Waals surface area contributed by atoms with Gasteiger partial charge in [-0.25, -0.2) is 4.79 Å². The van der Waals surface area contributed by atoms with Gasteiger partial charge in [-0.2, -0.15) is 0 Å². The predicted molar refractivity (Wildman–Crippen MR) is 131 cm³/mol. The number of benzene rings is 1. The van der Waals surface area contributed by atoms with Crippen molar-refractivity contribution in [3.8, 4) is 17.1 Å². The van der Waals surface area contributed by atoms with Gasteiger partial charge in [-0.3, -0.25) is 9.36 Å². The summed E-state index contributed by atoms with van der Waals surface area (Å²) in [6.45, 7) is 10.1. The molecule has 0 bridgehead atoms. The SMILES string of the molecule is C=CCn1c(SCC(=O)Nc2sc(C)c(C)c2C(=O)OCC)nnc1-c1ccccc1OC. The molecule has 1 aromatic carbocycles. The van der Waals surface area contributed by atoms with Gasteiger partial charge < -0.3 is 14.8 Å². The number of aryl methyl sites for hydroxylation is 1. The molecular formula is C23H26N4O4S2. The third-order valence-electron chi connectivity index (χ3n) is 4.83. The highest BCUT2D eigenvalue weighted by Gasteiger charge is 2.23. The number of methoxy groups -OCH3 is 1. The summed E-state index contributed by atoms with van der Waals surface area (Å²) >= 11 is 2.62. The second-order valence-electron chi connectivity index (χ2n) is 6.95. The third-order valence-corrected chi connectivity index (χ3v) is 6.92. The first-order valence-electron chi connectivity index (χ1n) is 10.3. The van der Waals surface area contributed by atoms with Crippen molar-refractivity contribution in [1.82, 2.24) is 14.8 Å². The molecule has 3 aromatic rings. The Morgan fingerprint density at radius 3 is 2.73 bits per heavy atom. The number of carbonyl (C=O) groups is 2. The molecule has 0 saturated heterocycles. The van der Waals surface area contributed by atoms with Crippen molar-refractivity contribution >= 4 is 40.0 Å². The number of carbonyl (C=O) groups excluding carboxylic acids is 2. The number of nitrogens with one attached hydrogen (secondary N) is 1. The van der Waals surface area contributed by atoms with Crippen LogP contribution in [0.1, 0.15) is 27.7 Å². The Hall–Kier alpha value is -3.11. The highest BCUT2D eigenvalue weighted by molar-refractivity contribution is 7.99. The molecule has 0 aliphatic rings. The topological polar surface area (TPSA) is 95.3 Å². The number of thiophene rings is 1. The maximum Gasteiger partial charge on any atom is 0.341 e. The zero-order chi connectivity index (χ0) is 24.0. The standard InChI is InChI=1S/C23H26N4O4S2/c1-6-12-27-20(16-10-8-9-11-17(16)30-5)25-26-23(27)32-13-18(28)24-21-19(22(29)31-7-2)14(3)15(4)33-21/h6,8-11H,1,7,12-13H2,2-5H3,(H,24,28). The predicted octanol–water partition coefficient (Wildman–Crippen LogP) is 4.73. The zero-order valence-corrected chi connectivity index (χ0v) is 20.6. The molecule has 0 spiro atoms. The van der Waals surface area contributed by atoms with Gasteiger partial charge in [-0.1, -0.05) is 30.0 Å². The maximum atomic E-state index is 12.7. The maximum absolute atomic E-state index is 12.7. The second-order valence-corrected chi connectivity index (χ2v) is 9.12. The van der Waals surface area contributed by atoms with Crippen molar-refractivity contribution in [2.75, 3.05) is 24.8 Å². The lowest BCUT2D eigenvalue weighted by atomic mass is 10.1. The van der Waals surface area contributed by atoms with E-state index in [0.717, 1.165) is 16.0 Å². The van der Waals surface area contributed by atoms with Crippen LogP contribution in [0.5, 0.6) is 5.75 Å². The van der Waals surface area contributed by atoms with E-state index in [1.165, 1.54) is 23.1 Å². The van der Waals surface area contributed by atoms with Gasteiger partial charge in [-0.15, -0.1) is 28.1 Å². The first-order chi connectivity index (χ1) is 15.9. The van der Waals surface area contributed by atoms with Crippen molar-refractivity contribution in [2.24, 2.45) is 0 Å². The lowest BCUT2D eigenvalue weighted by Crippen LogP contribution is -2.17. The van der Waals surface area contributed by atoms with Gasteiger partial charge in [-0.05, 0) is 38.5 Å². The van der Waals surface area contributed by atoms with Crippen LogP contribution in [0.15, 0.2) is 42.1 Å². The van der Waals surface area contributed by atoms with E-state index in [-0.39, 0.29) is 18.3 Å². The molecule has 0 radical (unpaired) electrons. The number of nitrogens with zero attached hydrogens (tertiary/aromatic N) is 3. The summed E-state index contributed by atoms with van der Waals surface area (Å²) in [5, 5.41) is 12.5. The Morgan fingerprint density at radius 2 is 2.03 bits per heavy atom. The molecule has 0 atom stereocenters. The molecule has 1 N–H and O–H groups in total. The number of rotatable bonds is 10. The number of aromatic nitrogens is 3. The number of hydrogen-bond donors (Lipinski definition) is 1. The molecule has 33 heavy (non-hydrogen) atoms. The van der Waals surface area contributed by atoms with E-state index in [4.69, 9.17) is 9.47 Å². The molecule has 0 fully saturated rings. The fraction of sp³-hybridized carbons (Fsp3) is 0.304. The highest BCUT2D eigenvalue weighted by Crippen LogP contribution is 2.34. The Bertz CT molecular complexity index is 1170. The number of anilines is 1. The first kappa shape index (κ1) is 24.5. The Morgan fingerprint density at radius 1 is 1.27 bits per heavy atom. The number of allylic oxidation sites excluding steroid dienone is 1. The van der Waals surface area contributed by atoms with Crippen molar-refractivity contribution in [3.63, 3.8) is 0 Å². The van der Waals surface area contributed by atoms with E-state index >= 15 is 0 Å². The smallest absolute Gasteiger partial charge is 0.341 e. The van der Waals surface area contributed by atoms with Gasteiger partial charge in [0.05, 0.1) is 30.6 Å². The summed E-state index contributed by atoms with van der Waals surface area (Å²) < 4.78 is 12.5. The van der Waals surface area contributed by atoms with Gasteiger partial charge in [0.25, 0.3) is 0 Å². The van der Waals surface area contributed by atoms with Crippen molar-refractivity contribution in [1.29, 1.82) is 0 Å². The quantitative estimate of drug-likeness (QED) is 0.252. The lowest BCUT2D eigenvalue weighted by Gasteiger charge is -2.10. The highest BCUT2D eigenvalue weighted by atomic mass is 32.2. The molecule has 3 rings (SSSR count). The molecule has 0 unspecified atom stereocenters. The van der Waals surface area contributed by atoms with Gasteiger partial charge >= 0.3 is 5.97 Å². The monoisotopic (exact) mass is 486 g/mol. The summed E-state index contributed by atoms with van der Waals surface area (Å²) in [6.07, 6.45) is 1.75. The normalized spacial score (nSPS) is 10.7. The second kappa shape index (κ2) is 11.2. The van der Waals surface area contributed by atoms with Gasteiger partial charge in [0.1, 0.15) is 10.8 Å². The fourth-order valence-electron chi connectivity index (χ4n) is 3.17. The minimum Gasteiger partial charge on any atom is -0.496 e. The Labute approximate surface area is 201 Å². The van der Waals surface area contributed by atoms with E-state index in [2.05, 4.69) is 22.1 Å². The zero-order valence-electron chi connectivity index (χ0n) is 19.0. The molecule has 0 aliphatic carbocycles. The summed E-state index contributed by atoms with van der Waals surface area (Å²) in [4.78, 5) is 26.0. The molecular weight excluding hydrogens is 460 g/mol. The van der Waals surface area contributed by atoms with Crippen LogP contribution in [0.2, 0.25) is 0 Å². The number of ether oxygens (including phenoxy) is 2. The molecule has 174 valence electrons. The van der Waals surface area contributed by atoms with Crippen molar-refractivity contribution in [3.05, 3.63) is 52.9 Å². The molecule has 10 heteroatoms. The average Bonchev–Trinajstić information content (AvgIpc) is 3.32. The number of thioether (sulfide) groups is 1. The van der Waals surface area contributed by atoms with Gasteiger partial charge in [0, 0.05) is 11.4 Å². The van der Waals surface area contributed by atoms with Crippen molar-refractivity contribution in [2.45, 2.75) is 32.5 Å². The van der Waals surface area contributed by atoms with Gasteiger partial charge in [0.2, 0.25) is 5.91 Å². The van der Waals surface area contributed by atoms with Crippen molar-refractivity contribution < 1.29 is 19.1 Å². The molecule has 8 nitrogen and oxygen atoms in total. The summed E-state index contributed by atoms with van der Waals surface area (Å²) in [7, 11) is 1.60. The first-order valence-corrected chi connectivity index (χ1v) is 12.1. The Balaban J connectivity index is 1.78. The van der Waals surface area contributed by atoms with Gasteiger partial charge in [0.15, 0.2) is 11.0 Å². The van der Waals surface area contributed by atoms with Crippen LogP contribution in [0.3, 0.4) is 0 Å². The molecule has 0 aliphatic heterocycles. The largest absolute Gasteiger partial charge is 0.496 e. The van der Waals surface area contributed by atoms with Crippen LogP contribution >= 0.6 is 23.1 Å². The van der Waals surface area contributed by atoms with E-state index in [0.29, 0.717) is 33.8 Å². The van der Waals surface area contributed by atoms with Crippen LogP contribution in [0.4, 0.5) is 5.00 Å². The molecule has 2 heterocycles. The van der Waals surface area contributed by atoms with Crippen LogP contribution in [0, 0.1) is 13.8 Å². The van der Waals surface area contributed by atoms with E-state index in [1.54, 1.807) is 20.1 Å². The van der Waals surface area contributed by atoms with Crippen LogP contribution in [-0.4, -0.2) is 46.1 Å². The Kier molecular flexibility index (Phi) is 8.29. The number of hydrogen-bond acceptors (Lipinski definition) is 8. The van der Waals surface area contributed by atoms with E-state index in [9.17, 15) is 9.59 Å². The number of esters is 1. The number of para-hydroxylation sites is 1. The average molecular weight is 487 g/mol. The third kappa shape index (κ3) is 5.45. The summed E-state index contributed by atoms with van der Waals surface area (Å²) in [5.41, 5.74) is 2.02. The molecule has 0 saturated carbocycles.